The van der Waals surface area contributed by atoms with E-state index in [2.05, 4.69) is 86.6 Å². The van der Waals surface area contributed by atoms with Crippen LogP contribution in [0.25, 0.3) is 21.5 Å². The fourth-order valence-corrected chi connectivity index (χ4v) is 2.61. The second kappa shape index (κ2) is 9.33. The summed E-state index contributed by atoms with van der Waals surface area (Å²) in [5, 5.41) is 5.39. The smallest absolute Gasteiger partial charge is 0 e. The summed E-state index contributed by atoms with van der Waals surface area (Å²) in [5.41, 5.74) is 2.70. The molecule has 0 nitrogen and oxygen atoms in total. The number of hydrogen-bond acceptors (Lipinski definition) is 0. The second-order valence-corrected chi connectivity index (χ2v) is 5.32. The van der Waals surface area contributed by atoms with Crippen LogP contribution < -0.4 is 0 Å². The largest absolute Gasteiger partial charge is 0.358 e. The van der Waals surface area contributed by atoms with E-state index in [1.54, 1.807) is 0 Å². The van der Waals surface area contributed by atoms with Gasteiger partial charge in [0.2, 0.25) is 0 Å². The van der Waals surface area contributed by atoms with Gasteiger partial charge in [-0.1, -0.05) is 26.0 Å². The van der Waals surface area contributed by atoms with Crippen molar-refractivity contribution < 1.29 is 16.5 Å². The first-order chi connectivity index (χ1) is 9.72. The Morgan fingerprint density at radius 2 is 0.957 bits per heavy atom. The SMILES string of the molecule is Cc1cc2ccccc2[cH-]1.Cc1cc2ccccc2[cH-]1.[CH3-].[CH3-].[Ni]. The van der Waals surface area contributed by atoms with E-state index < -0.39 is 0 Å². The summed E-state index contributed by atoms with van der Waals surface area (Å²) in [4.78, 5) is 0. The third-order valence-electron chi connectivity index (χ3n) is 3.52. The van der Waals surface area contributed by atoms with Crippen molar-refractivity contribution in [3.63, 3.8) is 0 Å². The summed E-state index contributed by atoms with van der Waals surface area (Å²) in [6.45, 7) is 4.25. The Kier molecular flexibility index (Phi) is 8.58. The van der Waals surface area contributed by atoms with Crippen LogP contribution in [0.5, 0.6) is 0 Å². The Morgan fingerprint density at radius 1 is 0.609 bits per heavy atom. The molecule has 0 saturated carbocycles. The molecule has 0 saturated heterocycles. The molecular weight excluding hydrogens is 323 g/mol. The second-order valence-electron chi connectivity index (χ2n) is 5.32. The van der Waals surface area contributed by atoms with E-state index in [0.29, 0.717) is 0 Å². The normalized spacial score (nSPS) is 9.13. The molecule has 0 aliphatic heterocycles. The molecule has 4 aromatic rings. The molecule has 0 aliphatic rings. The molecule has 4 rings (SSSR count). The molecule has 0 spiro atoms. The molecule has 0 aliphatic carbocycles. The minimum absolute atomic E-state index is 0. The van der Waals surface area contributed by atoms with Gasteiger partial charge in [-0.3, -0.25) is 0 Å². The zero-order chi connectivity index (χ0) is 13.9. The van der Waals surface area contributed by atoms with Gasteiger partial charge >= 0.3 is 0 Å². The summed E-state index contributed by atoms with van der Waals surface area (Å²) in [5.74, 6) is 0. The fraction of sp³-hybridized carbons (Fsp3) is 0.0909. The van der Waals surface area contributed by atoms with Gasteiger partial charge in [0.25, 0.3) is 0 Å². The van der Waals surface area contributed by atoms with Crippen LogP contribution in [-0.2, 0) is 16.5 Å². The van der Waals surface area contributed by atoms with Crippen molar-refractivity contribution >= 4 is 21.5 Å². The van der Waals surface area contributed by atoms with Crippen LogP contribution in [0.3, 0.4) is 0 Å². The Morgan fingerprint density at radius 3 is 1.30 bits per heavy atom. The molecule has 126 valence electrons. The first-order valence-corrected chi connectivity index (χ1v) is 6.96. The molecule has 0 fully saturated rings. The summed E-state index contributed by atoms with van der Waals surface area (Å²) in [6.07, 6.45) is 0. The summed E-state index contributed by atoms with van der Waals surface area (Å²) in [6, 6.07) is 25.7. The van der Waals surface area contributed by atoms with Gasteiger partial charge < -0.3 is 14.9 Å². The first-order valence-electron chi connectivity index (χ1n) is 6.96. The van der Waals surface area contributed by atoms with Crippen LogP contribution in [0, 0.1) is 28.7 Å². The summed E-state index contributed by atoms with van der Waals surface area (Å²) in [7, 11) is 0. The number of benzene rings is 2. The molecule has 0 amide bonds. The topological polar surface area (TPSA) is 0 Å². The van der Waals surface area contributed by atoms with Crippen LogP contribution in [0.1, 0.15) is 11.1 Å². The minimum atomic E-state index is 0. The third kappa shape index (κ3) is 5.08. The van der Waals surface area contributed by atoms with Crippen LogP contribution in [0.4, 0.5) is 0 Å². The van der Waals surface area contributed by atoms with Gasteiger partial charge in [0.05, 0.1) is 0 Å². The predicted octanol–water partition coefficient (Wildman–Crippen LogP) is 6.63. The van der Waals surface area contributed by atoms with Gasteiger partial charge in [-0.15, -0.1) is 81.2 Å². The quantitative estimate of drug-likeness (QED) is 0.247. The number of fused-ring (bicyclic) bond motifs is 2. The standard InChI is InChI=1S/2C10H9.2CH3.Ni/c2*1-8-6-9-4-2-3-5-10(9)7-8;;;/h2*2-7H,1H3;2*1H3;/q4*-1;. The van der Waals surface area contributed by atoms with Crippen molar-refractivity contribution in [2.75, 3.05) is 0 Å². The van der Waals surface area contributed by atoms with Crippen LogP contribution in [0.2, 0.25) is 0 Å². The molecule has 1 heteroatoms. The third-order valence-corrected chi connectivity index (χ3v) is 3.52. The average Bonchev–Trinajstić information content (AvgIpc) is 2.99. The summed E-state index contributed by atoms with van der Waals surface area (Å²) < 4.78 is 0. The molecule has 0 radical (unpaired) electrons. The van der Waals surface area contributed by atoms with Crippen molar-refractivity contribution in [2.24, 2.45) is 0 Å². The fourth-order valence-electron chi connectivity index (χ4n) is 2.61. The maximum Gasteiger partial charge on any atom is 0 e. The van der Waals surface area contributed by atoms with E-state index in [9.17, 15) is 0 Å². The van der Waals surface area contributed by atoms with Crippen molar-refractivity contribution in [1.82, 2.24) is 0 Å². The number of hydrogen-bond donors (Lipinski definition) is 0. The summed E-state index contributed by atoms with van der Waals surface area (Å²) >= 11 is 0. The van der Waals surface area contributed by atoms with E-state index in [1.807, 2.05) is 0 Å². The van der Waals surface area contributed by atoms with Gasteiger partial charge in [-0.2, -0.15) is 12.1 Å². The van der Waals surface area contributed by atoms with E-state index in [4.69, 9.17) is 0 Å². The van der Waals surface area contributed by atoms with E-state index >= 15 is 0 Å². The molecule has 0 aromatic heterocycles. The molecule has 0 N–H and O–H groups in total. The van der Waals surface area contributed by atoms with Crippen LogP contribution in [0.15, 0.2) is 72.8 Å². The van der Waals surface area contributed by atoms with E-state index in [0.717, 1.165) is 0 Å². The monoisotopic (exact) mass is 346 g/mol. The van der Waals surface area contributed by atoms with Gasteiger partial charge in [0.15, 0.2) is 0 Å². The van der Waals surface area contributed by atoms with Gasteiger partial charge in [0.1, 0.15) is 0 Å². The molecular formula is C22H24Ni-4. The van der Waals surface area contributed by atoms with Gasteiger partial charge in [0, 0.05) is 16.5 Å². The van der Waals surface area contributed by atoms with Gasteiger partial charge in [-0.25, -0.2) is 0 Å². The van der Waals surface area contributed by atoms with Gasteiger partial charge in [-0.05, 0) is 0 Å². The van der Waals surface area contributed by atoms with Crippen LogP contribution in [-0.4, -0.2) is 0 Å². The molecule has 0 atom stereocenters. The predicted molar refractivity (Wildman–Crippen MR) is 101 cm³/mol. The molecule has 0 bridgehead atoms. The van der Waals surface area contributed by atoms with Crippen molar-refractivity contribution in [2.45, 2.75) is 13.8 Å². The Balaban J connectivity index is 0.000000372. The maximum absolute atomic E-state index is 2.20. The Hall–Kier alpha value is -1.85. The number of aryl methyl sites for hydroxylation is 2. The zero-order valence-electron chi connectivity index (χ0n) is 14.2. The number of rotatable bonds is 0. The van der Waals surface area contributed by atoms with Crippen molar-refractivity contribution in [1.29, 1.82) is 0 Å². The van der Waals surface area contributed by atoms with Crippen molar-refractivity contribution in [3.8, 4) is 0 Å². The zero-order valence-corrected chi connectivity index (χ0v) is 15.2. The molecule has 0 heterocycles. The van der Waals surface area contributed by atoms with E-state index in [-0.39, 0.29) is 31.3 Å². The minimum Gasteiger partial charge on any atom is -0.358 e. The first kappa shape index (κ1) is 21.2. The molecule has 23 heavy (non-hydrogen) atoms. The van der Waals surface area contributed by atoms with Crippen molar-refractivity contribution in [3.05, 3.63) is 98.8 Å². The van der Waals surface area contributed by atoms with E-state index in [1.165, 1.54) is 32.7 Å². The Labute approximate surface area is 150 Å². The maximum atomic E-state index is 2.20. The average molecular weight is 347 g/mol. The Bertz CT molecular complexity index is 695. The molecule has 4 aromatic carbocycles. The molecule has 0 unspecified atom stereocenters. The van der Waals surface area contributed by atoms with Crippen LogP contribution >= 0.6 is 0 Å².